The van der Waals surface area contributed by atoms with Gasteiger partial charge in [-0.1, -0.05) is 48.0 Å². The number of carboxylic acid groups (broad SMARTS) is 1. The zero-order valence-corrected chi connectivity index (χ0v) is 21.6. The zero-order chi connectivity index (χ0) is 28.8. The van der Waals surface area contributed by atoms with Crippen molar-refractivity contribution in [2.24, 2.45) is 0 Å². The van der Waals surface area contributed by atoms with Crippen molar-refractivity contribution in [3.8, 4) is 5.75 Å². The number of halogens is 2. The number of nitrogens with zero attached hydrogens (tertiary/aromatic N) is 2. The maximum atomic E-state index is 13.9. The molecule has 11 heteroatoms. The summed E-state index contributed by atoms with van der Waals surface area (Å²) in [5, 5.41) is 12.2. The largest absolute Gasteiger partial charge is 0.481 e. The normalized spacial score (nSPS) is 15.7. The summed E-state index contributed by atoms with van der Waals surface area (Å²) < 4.78 is 33.3. The van der Waals surface area contributed by atoms with Crippen molar-refractivity contribution in [3.05, 3.63) is 101 Å². The maximum Gasteiger partial charge on any atom is 0.417 e. The number of carbonyl (C=O) groups is 4. The van der Waals surface area contributed by atoms with Crippen molar-refractivity contribution in [3.63, 3.8) is 0 Å². The first-order chi connectivity index (χ1) is 19.1. The molecule has 0 bridgehead atoms. The summed E-state index contributed by atoms with van der Waals surface area (Å²) >= 11 is 0. The average Bonchev–Trinajstić information content (AvgIpc) is 2.91. The number of ether oxygens (including phenoxy) is 1. The van der Waals surface area contributed by atoms with Gasteiger partial charge in [0.05, 0.1) is 12.5 Å². The lowest BCUT2D eigenvalue weighted by molar-refractivity contribution is -0.138. The molecule has 1 heterocycles. The Balaban J connectivity index is 1.70. The van der Waals surface area contributed by atoms with Gasteiger partial charge in [0.25, 0.3) is 11.8 Å². The quantitative estimate of drug-likeness (QED) is 0.453. The Labute approximate surface area is 229 Å². The Morgan fingerprint density at radius 1 is 0.950 bits per heavy atom. The van der Waals surface area contributed by atoms with Gasteiger partial charge in [-0.2, -0.15) is 0 Å². The van der Waals surface area contributed by atoms with Crippen LogP contribution in [-0.2, 0) is 9.59 Å². The van der Waals surface area contributed by atoms with Gasteiger partial charge in [-0.15, -0.1) is 0 Å². The minimum absolute atomic E-state index is 0.0157. The van der Waals surface area contributed by atoms with Gasteiger partial charge in [0.1, 0.15) is 17.4 Å². The van der Waals surface area contributed by atoms with E-state index in [2.05, 4.69) is 5.32 Å². The van der Waals surface area contributed by atoms with Gasteiger partial charge in [0.15, 0.2) is 6.17 Å². The number of hydrogen-bond donors (Lipinski definition) is 2. The summed E-state index contributed by atoms with van der Waals surface area (Å²) in [6, 6.07) is 16.3. The number of rotatable bonds is 7. The number of aryl methyl sites for hydroxylation is 1. The third-order valence-electron chi connectivity index (χ3n) is 6.32. The number of aliphatic carboxylic acids is 1. The third kappa shape index (κ3) is 6.79. The highest BCUT2D eigenvalue weighted by atomic mass is 19.1. The molecule has 1 aliphatic rings. The van der Waals surface area contributed by atoms with Crippen LogP contribution < -0.4 is 10.1 Å². The fraction of sp³-hybridized carbons (Fsp3) is 0.241. The van der Waals surface area contributed by atoms with E-state index in [1.165, 1.54) is 12.1 Å². The molecule has 0 radical (unpaired) electrons. The Kier molecular flexibility index (Phi) is 8.73. The van der Waals surface area contributed by atoms with Gasteiger partial charge in [0, 0.05) is 24.7 Å². The molecule has 3 aromatic carbocycles. The highest BCUT2D eigenvalue weighted by Crippen LogP contribution is 2.24. The monoisotopic (exact) mass is 551 g/mol. The van der Waals surface area contributed by atoms with Crippen LogP contribution in [0, 0.1) is 18.6 Å². The van der Waals surface area contributed by atoms with E-state index in [-0.39, 0.29) is 30.8 Å². The standard InChI is InChI=1S/C29H27F2N3O6/c1-18-7-5-8-19(13-18)24(17-25(35)36)32-26(37)27-33(28(38)20-14-21(30)16-22(31)15-20)11-6-12-34(27)29(39)40-23-9-3-2-4-10-23/h2-5,7-10,13-16,24,27H,6,11-12,17H2,1H3,(H,32,37)(H,35,36). The second kappa shape index (κ2) is 12.4. The number of para-hydroxylation sites is 1. The molecule has 9 nitrogen and oxygen atoms in total. The second-order valence-corrected chi connectivity index (χ2v) is 9.33. The number of amides is 3. The summed E-state index contributed by atoms with van der Waals surface area (Å²) in [5.74, 6) is -4.70. The summed E-state index contributed by atoms with van der Waals surface area (Å²) in [7, 11) is 0. The molecule has 0 aliphatic carbocycles. The molecular formula is C29H27F2N3O6. The SMILES string of the molecule is Cc1cccc(C(CC(=O)O)NC(=O)C2N(C(=O)Oc3ccccc3)CCCN2C(=O)c2cc(F)cc(F)c2)c1. The number of nitrogens with one attached hydrogen (secondary N) is 1. The molecule has 1 aliphatic heterocycles. The number of carboxylic acids is 1. The lowest BCUT2D eigenvalue weighted by Gasteiger charge is -2.42. The molecule has 2 unspecified atom stereocenters. The fourth-order valence-electron chi connectivity index (χ4n) is 4.56. The van der Waals surface area contributed by atoms with E-state index in [1.807, 2.05) is 13.0 Å². The molecule has 1 fully saturated rings. The topological polar surface area (TPSA) is 116 Å². The van der Waals surface area contributed by atoms with Crippen molar-refractivity contribution in [2.75, 3.05) is 13.1 Å². The zero-order valence-electron chi connectivity index (χ0n) is 21.6. The predicted octanol–water partition coefficient (Wildman–Crippen LogP) is 4.28. The van der Waals surface area contributed by atoms with Crippen molar-refractivity contribution in [1.82, 2.24) is 15.1 Å². The van der Waals surface area contributed by atoms with Crippen LogP contribution in [-0.4, -0.2) is 58.0 Å². The van der Waals surface area contributed by atoms with Crippen molar-refractivity contribution >= 4 is 23.9 Å². The van der Waals surface area contributed by atoms with Gasteiger partial charge >= 0.3 is 12.1 Å². The van der Waals surface area contributed by atoms with Crippen LogP contribution in [0.4, 0.5) is 13.6 Å². The summed E-state index contributed by atoms with van der Waals surface area (Å²) in [6.45, 7) is 1.82. The average molecular weight is 552 g/mol. The Morgan fingerprint density at radius 2 is 1.62 bits per heavy atom. The Morgan fingerprint density at radius 3 is 2.27 bits per heavy atom. The molecule has 208 valence electrons. The second-order valence-electron chi connectivity index (χ2n) is 9.33. The summed E-state index contributed by atoms with van der Waals surface area (Å²) in [6.07, 6.45) is -2.75. The van der Waals surface area contributed by atoms with Crippen LogP contribution in [0.25, 0.3) is 0 Å². The van der Waals surface area contributed by atoms with Gasteiger partial charge in [-0.3, -0.25) is 19.3 Å². The van der Waals surface area contributed by atoms with Crippen LogP contribution in [0.5, 0.6) is 5.75 Å². The van der Waals surface area contributed by atoms with Gasteiger partial charge in [-0.25, -0.2) is 13.6 Å². The van der Waals surface area contributed by atoms with Crippen LogP contribution in [0.1, 0.15) is 40.4 Å². The molecule has 3 amide bonds. The summed E-state index contributed by atoms with van der Waals surface area (Å²) in [4.78, 5) is 54.2. The van der Waals surface area contributed by atoms with Crippen molar-refractivity contribution < 1.29 is 37.8 Å². The molecule has 0 saturated carbocycles. The molecule has 1 saturated heterocycles. The van der Waals surface area contributed by atoms with Gasteiger partial charge in [-0.05, 0) is 43.2 Å². The van der Waals surface area contributed by atoms with Gasteiger partial charge < -0.3 is 20.1 Å². The molecule has 2 N–H and O–H groups in total. The predicted molar refractivity (Wildman–Crippen MR) is 139 cm³/mol. The molecular weight excluding hydrogens is 524 g/mol. The first kappa shape index (κ1) is 28.2. The van der Waals surface area contributed by atoms with Gasteiger partial charge in [0.2, 0.25) is 0 Å². The molecule has 2 atom stereocenters. The molecule has 3 aromatic rings. The fourth-order valence-corrected chi connectivity index (χ4v) is 4.56. The number of benzene rings is 3. The lowest BCUT2D eigenvalue weighted by Crippen LogP contribution is -2.64. The minimum atomic E-state index is -1.59. The van der Waals surface area contributed by atoms with E-state index in [0.717, 1.165) is 27.5 Å². The number of carbonyl (C=O) groups excluding carboxylic acids is 3. The summed E-state index contributed by atoms with van der Waals surface area (Å²) in [5.41, 5.74) is 0.988. The molecule has 40 heavy (non-hydrogen) atoms. The third-order valence-corrected chi connectivity index (χ3v) is 6.32. The van der Waals surface area contributed by atoms with Crippen LogP contribution in [0.2, 0.25) is 0 Å². The van der Waals surface area contributed by atoms with Crippen LogP contribution in [0.3, 0.4) is 0 Å². The molecule has 4 rings (SSSR count). The highest BCUT2D eigenvalue weighted by Gasteiger charge is 2.42. The van der Waals surface area contributed by atoms with E-state index < -0.39 is 54.1 Å². The van der Waals surface area contributed by atoms with Crippen molar-refractivity contribution in [1.29, 1.82) is 0 Å². The van der Waals surface area contributed by atoms with Crippen LogP contribution in [0.15, 0.2) is 72.8 Å². The maximum absolute atomic E-state index is 13.9. The molecule has 0 aromatic heterocycles. The number of hydrogen-bond acceptors (Lipinski definition) is 5. The van der Waals surface area contributed by atoms with Crippen LogP contribution >= 0.6 is 0 Å². The first-order valence-electron chi connectivity index (χ1n) is 12.5. The molecule has 0 spiro atoms. The van der Waals surface area contributed by atoms with E-state index in [4.69, 9.17) is 4.74 Å². The highest BCUT2D eigenvalue weighted by molar-refractivity contribution is 5.98. The smallest absolute Gasteiger partial charge is 0.417 e. The lowest BCUT2D eigenvalue weighted by atomic mass is 10.0. The van der Waals surface area contributed by atoms with E-state index in [9.17, 15) is 33.1 Å². The minimum Gasteiger partial charge on any atom is -0.481 e. The van der Waals surface area contributed by atoms with E-state index in [1.54, 1.807) is 36.4 Å². The van der Waals surface area contributed by atoms with E-state index >= 15 is 0 Å². The van der Waals surface area contributed by atoms with E-state index in [0.29, 0.717) is 11.6 Å². The Hall–Kier alpha value is -4.80. The van der Waals surface area contributed by atoms with Crippen molar-refractivity contribution in [2.45, 2.75) is 32.0 Å². The first-order valence-corrected chi connectivity index (χ1v) is 12.5. The Bertz CT molecular complexity index is 1400.